The van der Waals surface area contributed by atoms with E-state index in [0.29, 0.717) is 12.8 Å². The predicted octanol–water partition coefficient (Wildman–Crippen LogP) is -2.25. The van der Waals surface area contributed by atoms with Crippen LogP contribution in [0, 0.1) is 0 Å². The van der Waals surface area contributed by atoms with Gasteiger partial charge in [-0.05, 0) is 6.42 Å². The number of carbonyl (C=O) groups is 1. The van der Waals surface area contributed by atoms with E-state index in [9.17, 15) is 20.1 Å². The molecule has 18 heavy (non-hydrogen) atoms. The molecule has 1 rings (SSSR count). The molecule has 0 saturated carbocycles. The van der Waals surface area contributed by atoms with Gasteiger partial charge in [-0.1, -0.05) is 6.92 Å². The van der Waals surface area contributed by atoms with E-state index >= 15 is 0 Å². The molecule has 0 aliphatic carbocycles. The van der Waals surface area contributed by atoms with Gasteiger partial charge in [-0.15, -0.1) is 0 Å². The quantitative estimate of drug-likeness (QED) is 0.382. The van der Waals surface area contributed by atoms with Gasteiger partial charge < -0.3 is 30.5 Å². The van der Waals surface area contributed by atoms with E-state index in [1.54, 1.807) is 0 Å². The van der Waals surface area contributed by atoms with E-state index in [0.717, 1.165) is 0 Å². The molecule has 7 nitrogen and oxygen atoms in total. The van der Waals surface area contributed by atoms with Crippen molar-refractivity contribution in [3.05, 3.63) is 0 Å². The van der Waals surface area contributed by atoms with Crippen molar-refractivity contribution in [1.82, 2.24) is 5.32 Å². The summed E-state index contributed by atoms with van der Waals surface area (Å²) < 4.78 is 5.23. The number of amides is 1. The average molecular weight is 263 g/mol. The summed E-state index contributed by atoms with van der Waals surface area (Å²) in [5.74, 6) is -0.172. The number of aliphatic hydroxyl groups is 4. The molecule has 0 radical (unpaired) electrons. The lowest BCUT2D eigenvalue weighted by Crippen LogP contribution is -2.60. The van der Waals surface area contributed by atoms with Gasteiger partial charge in [0.2, 0.25) is 5.91 Å². The van der Waals surface area contributed by atoms with Crippen LogP contribution in [-0.4, -0.2) is 70.0 Å². The molecule has 1 amide bonds. The Morgan fingerprint density at radius 1 is 1.17 bits per heavy atom. The molecule has 1 aliphatic rings. The van der Waals surface area contributed by atoms with Crippen molar-refractivity contribution in [3.8, 4) is 0 Å². The number of carbonyl (C=O) groups excluding carboxylic acids is 1. The topological polar surface area (TPSA) is 119 Å². The first-order chi connectivity index (χ1) is 8.51. The first-order valence-electron chi connectivity index (χ1n) is 6.08. The van der Waals surface area contributed by atoms with Crippen LogP contribution in [0.4, 0.5) is 0 Å². The highest BCUT2D eigenvalue weighted by Gasteiger charge is 2.43. The van der Waals surface area contributed by atoms with Crippen LogP contribution in [0.5, 0.6) is 0 Å². The van der Waals surface area contributed by atoms with Gasteiger partial charge in [0.15, 0.2) is 0 Å². The van der Waals surface area contributed by atoms with E-state index in [4.69, 9.17) is 9.84 Å². The van der Waals surface area contributed by atoms with E-state index in [-0.39, 0.29) is 12.5 Å². The Bertz CT molecular complexity index is 272. The zero-order valence-electron chi connectivity index (χ0n) is 10.3. The summed E-state index contributed by atoms with van der Waals surface area (Å²) in [6.07, 6.45) is -4.77. The Balaban J connectivity index is 2.51. The summed E-state index contributed by atoms with van der Waals surface area (Å²) in [7, 11) is 0. The molecule has 5 atom stereocenters. The van der Waals surface area contributed by atoms with Crippen molar-refractivity contribution in [2.75, 3.05) is 13.2 Å². The van der Waals surface area contributed by atoms with Gasteiger partial charge in [-0.25, -0.2) is 0 Å². The van der Waals surface area contributed by atoms with Gasteiger partial charge in [-0.3, -0.25) is 4.79 Å². The molecular weight excluding hydrogens is 242 g/mol. The number of nitrogens with one attached hydrogen (secondary N) is 1. The molecule has 1 fully saturated rings. The van der Waals surface area contributed by atoms with Crippen LogP contribution < -0.4 is 5.32 Å². The van der Waals surface area contributed by atoms with Crippen molar-refractivity contribution in [1.29, 1.82) is 0 Å². The minimum atomic E-state index is -1.40. The van der Waals surface area contributed by atoms with Crippen LogP contribution in [0.15, 0.2) is 0 Å². The largest absolute Gasteiger partial charge is 0.394 e. The summed E-state index contributed by atoms with van der Waals surface area (Å²) in [6.45, 7) is 1.43. The lowest BCUT2D eigenvalue weighted by atomic mass is 9.95. The van der Waals surface area contributed by atoms with E-state index in [2.05, 4.69) is 5.32 Å². The summed E-state index contributed by atoms with van der Waals surface area (Å²) in [5.41, 5.74) is 0. The van der Waals surface area contributed by atoms with E-state index < -0.39 is 37.1 Å². The molecule has 5 N–H and O–H groups in total. The van der Waals surface area contributed by atoms with Gasteiger partial charge in [0.05, 0.1) is 6.61 Å². The molecular formula is C11H21NO6. The van der Waals surface area contributed by atoms with Crippen molar-refractivity contribution >= 4 is 5.91 Å². The molecule has 106 valence electrons. The van der Waals surface area contributed by atoms with Gasteiger partial charge >= 0.3 is 0 Å². The average Bonchev–Trinajstić information content (AvgIpc) is 2.35. The Kier molecular flexibility index (Phi) is 5.97. The first kappa shape index (κ1) is 15.3. The normalized spacial score (nSPS) is 36.4. The molecule has 1 aliphatic heterocycles. The molecule has 0 bridgehead atoms. The number of rotatable bonds is 5. The highest BCUT2D eigenvalue weighted by Crippen LogP contribution is 2.20. The lowest BCUT2D eigenvalue weighted by molar-refractivity contribution is -0.227. The molecule has 0 unspecified atom stereocenters. The Morgan fingerprint density at radius 2 is 1.78 bits per heavy atom. The third-order valence-corrected chi connectivity index (χ3v) is 2.97. The number of hydrogen-bond donors (Lipinski definition) is 5. The van der Waals surface area contributed by atoms with Crippen molar-refractivity contribution in [3.63, 3.8) is 0 Å². The Labute approximate surface area is 105 Å². The molecule has 0 aromatic carbocycles. The molecule has 1 saturated heterocycles. The van der Waals surface area contributed by atoms with Gasteiger partial charge in [0.1, 0.15) is 30.5 Å². The maximum Gasteiger partial charge on any atom is 0.220 e. The lowest BCUT2D eigenvalue weighted by Gasteiger charge is -2.40. The van der Waals surface area contributed by atoms with E-state index in [1.807, 2.05) is 6.92 Å². The number of ether oxygens (including phenoxy) is 1. The fraction of sp³-hybridized carbons (Fsp3) is 0.909. The zero-order chi connectivity index (χ0) is 13.7. The number of hydrogen-bond acceptors (Lipinski definition) is 6. The standard InChI is InChI=1S/C11H21NO6/c1-2-3-8(14)12-4-6-9(15)11(17)10(16)7(5-13)18-6/h6-7,9-11,13,15-17H,2-5H2,1H3,(H,12,14)/t6-,7+,9-,10+,11+/m0/s1. The summed E-state index contributed by atoms with van der Waals surface area (Å²) in [5, 5.41) is 40.3. The molecule has 0 aromatic rings. The minimum absolute atomic E-state index is 0.0281. The maximum atomic E-state index is 11.3. The van der Waals surface area contributed by atoms with Crippen LogP contribution in [0.3, 0.4) is 0 Å². The van der Waals surface area contributed by atoms with Crippen LogP contribution in [-0.2, 0) is 9.53 Å². The predicted molar refractivity (Wildman–Crippen MR) is 61.7 cm³/mol. The summed E-state index contributed by atoms with van der Waals surface area (Å²) in [6, 6.07) is 0. The summed E-state index contributed by atoms with van der Waals surface area (Å²) in [4.78, 5) is 11.3. The second-order valence-electron chi connectivity index (χ2n) is 4.42. The molecule has 0 spiro atoms. The third kappa shape index (κ3) is 3.63. The Morgan fingerprint density at radius 3 is 2.33 bits per heavy atom. The molecule has 0 aromatic heterocycles. The van der Waals surface area contributed by atoms with Crippen molar-refractivity contribution < 1.29 is 30.0 Å². The fourth-order valence-electron chi connectivity index (χ4n) is 1.88. The maximum absolute atomic E-state index is 11.3. The highest BCUT2D eigenvalue weighted by molar-refractivity contribution is 5.75. The monoisotopic (exact) mass is 263 g/mol. The van der Waals surface area contributed by atoms with E-state index in [1.165, 1.54) is 0 Å². The second-order valence-corrected chi connectivity index (χ2v) is 4.42. The smallest absolute Gasteiger partial charge is 0.220 e. The minimum Gasteiger partial charge on any atom is -0.394 e. The van der Waals surface area contributed by atoms with Gasteiger partial charge in [0.25, 0.3) is 0 Å². The van der Waals surface area contributed by atoms with Crippen LogP contribution >= 0.6 is 0 Å². The van der Waals surface area contributed by atoms with Crippen LogP contribution in [0.1, 0.15) is 19.8 Å². The van der Waals surface area contributed by atoms with Gasteiger partial charge in [-0.2, -0.15) is 0 Å². The SMILES string of the molecule is CCCC(=O)NC[C@@H]1O[C@H](CO)[C@@H](O)[C@H](O)[C@H]1O. The fourth-order valence-corrected chi connectivity index (χ4v) is 1.88. The zero-order valence-corrected chi connectivity index (χ0v) is 10.3. The molecule has 1 heterocycles. The Hall–Kier alpha value is -0.730. The highest BCUT2D eigenvalue weighted by atomic mass is 16.5. The van der Waals surface area contributed by atoms with Crippen molar-refractivity contribution in [2.24, 2.45) is 0 Å². The summed E-state index contributed by atoms with van der Waals surface area (Å²) >= 11 is 0. The first-order valence-corrected chi connectivity index (χ1v) is 6.08. The van der Waals surface area contributed by atoms with Crippen molar-refractivity contribution in [2.45, 2.75) is 50.3 Å². The second kappa shape index (κ2) is 7.01. The molecule has 7 heteroatoms. The third-order valence-electron chi connectivity index (χ3n) is 2.97. The van der Waals surface area contributed by atoms with Crippen LogP contribution in [0.25, 0.3) is 0 Å². The van der Waals surface area contributed by atoms with Gasteiger partial charge in [0, 0.05) is 13.0 Å². The van der Waals surface area contributed by atoms with Crippen LogP contribution in [0.2, 0.25) is 0 Å². The number of aliphatic hydroxyl groups excluding tert-OH is 4.